The van der Waals surface area contributed by atoms with Crippen LogP contribution in [0.5, 0.6) is 0 Å². The molecule has 0 radical (unpaired) electrons. The molecular formula is C13H18ClNO2S2. The second kappa shape index (κ2) is 6.97. The number of hydrogen-bond donors (Lipinski definition) is 2. The summed E-state index contributed by atoms with van der Waals surface area (Å²) in [6.07, 6.45) is 3.95. The Balaban J connectivity index is 1.72. The summed E-state index contributed by atoms with van der Waals surface area (Å²) in [7, 11) is 0. The van der Waals surface area contributed by atoms with Gasteiger partial charge < -0.3 is 10.4 Å². The molecule has 1 heterocycles. The van der Waals surface area contributed by atoms with Crippen LogP contribution in [0.3, 0.4) is 0 Å². The summed E-state index contributed by atoms with van der Waals surface area (Å²) >= 11 is 8.98. The number of amides is 1. The molecule has 19 heavy (non-hydrogen) atoms. The molecule has 0 unspecified atom stereocenters. The van der Waals surface area contributed by atoms with Gasteiger partial charge in [0.25, 0.3) is 0 Å². The lowest BCUT2D eigenvalue weighted by Gasteiger charge is -2.27. The summed E-state index contributed by atoms with van der Waals surface area (Å²) in [5, 5.41) is 12.4. The Labute approximate surface area is 126 Å². The van der Waals surface area contributed by atoms with Gasteiger partial charge in [0.15, 0.2) is 0 Å². The normalized spacial score (nSPS) is 17.6. The fourth-order valence-corrected chi connectivity index (χ4v) is 4.41. The summed E-state index contributed by atoms with van der Waals surface area (Å²) in [6, 6.07) is 3.87. The van der Waals surface area contributed by atoms with E-state index in [-0.39, 0.29) is 18.1 Å². The number of hydrogen-bond acceptors (Lipinski definition) is 4. The summed E-state index contributed by atoms with van der Waals surface area (Å²) in [6.45, 7) is 0.0456. The molecule has 0 aliphatic heterocycles. The lowest BCUT2D eigenvalue weighted by molar-refractivity contribution is -0.121. The number of rotatable bonds is 6. The van der Waals surface area contributed by atoms with Gasteiger partial charge >= 0.3 is 0 Å². The van der Waals surface area contributed by atoms with Crippen molar-refractivity contribution in [2.45, 2.75) is 37.0 Å². The van der Waals surface area contributed by atoms with Crippen molar-refractivity contribution >= 4 is 40.6 Å². The smallest absolute Gasteiger partial charge is 0.230 e. The Morgan fingerprint density at radius 3 is 2.79 bits per heavy atom. The highest BCUT2D eigenvalue weighted by molar-refractivity contribution is 7.99. The van der Waals surface area contributed by atoms with Gasteiger partial charge in [-0.05, 0) is 25.0 Å². The van der Waals surface area contributed by atoms with Crippen LogP contribution in [0.2, 0.25) is 4.34 Å². The standard InChI is InChI=1S/C13H18ClNO2S2/c14-11-4-3-10(19-11)7-18-8-12(17)15-13(9-16)5-1-2-6-13/h3-4,16H,1-2,5-9H2,(H,15,17). The van der Waals surface area contributed by atoms with Crippen LogP contribution >= 0.6 is 34.7 Å². The number of carbonyl (C=O) groups is 1. The molecule has 0 saturated heterocycles. The SMILES string of the molecule is O=C(CSCc1ccc(Cl)s1)NC1(CO)CCCC1. The molecule has 1 saturated carbocycles. The number of aliphatic hydroxyl groups is 1. The lowest BCUT2D eigenvalue weighted by atomic mass is 9.99. The van der Waals surface area contributed by atoms with Gasteiger partial charge in [0, 0.05) is 10.6 Å². The molecule has 1 aromatic heterocycles. The minimum Gasteiger partial charge on any atom is -0.394 e. The van der Waals surface area contributed by atoms with Gasteiger partial charge in [-0.15, -0.1) is 23.1 Å². The van der Waals surface area contributed by atoms with Gasteiger partial charge in [-0.3, -0.25) is 4.79 Å². The van der Waals surface area contributed by atoms with Crippen LogP contribution in [-0.4, -0.2) is 28.9 Å². The van der Waals surface area contributed by atoms with E-state index < -0.39 is 0 Å². The third kappa shape index (κ3) is 4.38. The van der Waals surface area contributed by atoms with Crippen molar-refractivity contribution in [2.75, 3.05) is 12.4 Å². The molecule has 0 aromatic carbocycles. The van der Waals surface area contributed by atoms with E-state index in [0.29, 0.717) is 5.75 Å². The van der Waals surface area contributed by atoms with E-state index in [1.165, 1.54) is 4.88 Å². The summed E-state index contributed by atoms with van der Waals surface area (Å²) in [5.41, 5.74) is -0.357. The number of aliphatic hydroxyl groups excluding tert-OH is 1. The molecule has 1 aromatic rings. The first-order valence-corrected chi connectivity index (χ1v) is 8.72. The Hall–Kier alpha value is -0.230. The van der Waals surface area contributed by atoms with E-state index in [0.717, 1.165) is 35.8 Å². The number of thiophene rings is 1. The monoisotopic (exact) mass is 319 g/mol. The fraction of sp³-hybridized carbons (Fsp3) is 0.615. The zero-order chi connectivity index (χ0) is 13.7. The zero-order valence-electron chi connectivity index (χ0n) is 10.7. The lowest BCUT2D eigenvalue weighted by Crippen LogP contribution is -2.49. The predicted octanol–water partition coefficient (Wildman–Crippen LogP) is 3.06. The molecular weight excluding hydrogens is 302 g/mol. The third-order valence-corrected chi connectivity index (χ3v) is 5.77. The molecule has 0 spiro atoms. The largest absolute Gasteiger partial charge is 0.394 e. The highest BCUT2D eigenvalue weighted by Crippen LogP contribution is 2.29. The van der Waals surface area contributed by atoms with E-state index >= 15 is 0 Å². The van der Waals surface area contributed by atoms with Crippen LogP contribution < -0.4 is 5.32 Å². The van der Waals surface area contributed by atoms with Gasteiger partial charge in [0.05, 0.1) is 22.2 Å². The number of carbonyl (C=O) groups excluding carboxylic acids is 1. The molecule has 0 atom stereocenters. The highest BCUT2D eigenvalue weighted by atomic mass is 35.5. The minimum atomic E-state index is -0.357. The van der Waals surface area contributed by atoms with E-state index in [9.17, 15) is 9.90 Å². The first kappa shape index (κ1) is 15.2. The Kier molecular flexibility index (Phi) is 5.57. The van der Waals surface area contributed by atoms with Crippen molar-refractivity contribution in [3.63, 3.8) is 0 Å². The highest BCUT2D eigenvalue weighted by Gasteiger charge is 2.34. The van der Waals surface area contributed by atoms with Crippen LogP contribution in [-0.2, 0) is 10.5 Å². The summed E-state index contributed by atoms with van der Waals surface area (Å²) in [4.78, 5) is 13.1. The zero-order valence-corrected chi connectivity index (χ0v) is 13.0. The molecule has 2 N–H and O–H groups in total. The van der Waals surface area contributed by atoms with Crippen molar-refractivity contribution in [1.29, 1.82) is 0 Å². The number of nitrogens with one attached hydrogen (secondary N) is 1. The van der Waals surface area contributed by atoms with Crippen molar-refractivity contribution in [1.82, 2.24) is 5.32 Å². The average Bonchev–Trinajstić information content (AvgIpc) is 2.99. The summed E-state index contributed by atoms with van der Waals surface area (Å²) in [5.74, 6) is 1.25. The first-order valence-electron chi connectivity index (χ1n) is 6.37. The maximum Gasteiger partial charge on any atom is 0.230 e. The molecule has 2 rings (SSSR count). The molecule has 1 aliphatic rings. The van der Waals surface area contributed by atoms with Crippen LogP contribution in [0, 0.1) is 0 Å². The third-order valence-electron chi connectivity index (χ3n) is 3.37. The van der Waals surface area contributed by atoms with Crippen molar-refractivity contribution < 1.29 is 9.90 Å². The van der Waals surface area contributed by atoms with Gasteiger partial charge in [-0.1, -0.05) is 24.4 Å². The molecule has 1 fully saturated rings. The van der Waals surface area contributed by atoms with Crippen LogP contribution in [0.1, 0.15) is 30.6 Å². The summed E-state index contributed by atoms with van der Waals surface area (Å²) < 4.78 is 0.783. The van der Waals surface area contributed by atoms with E-state index in [1.54, 1.807) is 23.1 Å². The quantitative estimate of drug-likeness (QED) is 0.847. The Morgan fingerprint density at radius 1 is 1.47 bits per heavy atom. The second-order valence-electron chi connectivity index (χ2n) is 4.89. The Morgan fingerprint density at radius 2 is 2.21 bits per heavy atom. The van der Waals surface area contributed by atoms with E-state index in [2.05, 4.69) is 5.32 Å². The minimum absolute atomic E-state index is 0.0172. The van der Waals surface area contributed by atoms with Crippen LogP contribution in [0.25, 0.3) is 0 Å². The van der Waals surface area contributed by atoms with Crippen LogP contribution in [0.15, 0.2) is 12.1 Å². The van der Waals surface area contributed by atoms with Crippen molar-refractivity contribution in [3.05, 3.63) is 21.3 Å². The Bertz CT molecular complexity index is 430. The predicted molar refractivity (Wildman–Crippen MR) is 81.9 cm³/mol. The van der Waals surface area contributed by atoms with Crippen LogP contribution in [0.4, 0.5) is 0 Å². The maximum absolute atomic E-state index is 11.9. The number of thioether (sulfide) groups is 1. The van der Waals surface area contributed by atoms with E-state index in [1.807, 2.05) is 12.1 Å². The first-order chi connectivity index (χ1) is 9.13. The number of halogens is 1. The molecule has 6 heteroatoms. The molecule has 0 bridgehead atoms. The van der Waals surface area contributed by atoms with Crippen molar-refractivity contribution in [2.24, 2.45) is 0 Å². The second-order valence-corrected chi connectivity index (χ2v) is 7.68. The fourth-order valence-electron chi connectivity index (χ4n) is 2.38. The van der Waals surface area contributed by atoms with Gasteiger partial charge in [-0.25, -0.2) is 0 Å². The van der Waals surface area contributed by atoms with Gasteiger partial charge in [-0.2, -0.15) is 0 Å². The van der Waals surface area contributed by atoms with Gasteiger partial charge in [0.1, 0.15) is 0 Å². The van der Waals surface area contributed by atoms with E-state index in [4.69, 9.17) is 11.6 Å². The topological polar surface area (TPSA) is 49.3 Å². The maximum atomic E-state index is 11.9. The molecule has 3 nitrogen and oxygen atoms in total. The van der Waals surface area contributed by atoms with Gasteiger partial charge in [0.2, 0.25) is 5.91 Å². The molecule has 1 amide bonds. The average molecular weight is 320 g/mol. The van der Waals surface area contributed by atoms with Crippen molar-refractivity contribution in [3.8, 4) is 0 Å². The molecule has 1 aliphatic carbocycles. The molecule has 106 valence electrons.